The molecule has 0 atom stereocenters. The van der Waals surface area contributed by atoms with Gasteiger partial charge in [0.05, 0.1) is 0 Å². The Bertz CT molecular complexity index is 551. The number of hydrogen-bond acceptors (Lipinski definition) is 0. The van der Waals surface area contributed by atoms with Crippen LogP contribution in [-0.2, 0) is 5.41 Å². The largest absolute Gasteiger partial charge is 0.102 e. The first kappa shape index (κ1) is 13.1. The van der Waals surface area contributed by atoms with E-state index in [0.29, 0.717) is 0 Å². The topological polar surface area (TPSA) is 0 Å². The van der Waals surface area contributed by atoms with Gasteiger partial charge in [0.15, 0.2) is 0 Å². The van der Waals surface area contributed by atoms with E-state index in [2.05, 4.69) is 62.2 Å². The van der Waals surface area contributed by atoms with E-state index in [0.717, 1.165) is 5.56 Å². The van der Waals surface area contributed by atoms with Crippen LogP contribution >= 0.6 is 0 Å². The monoisotopic (exact) mass is 245 g/mol. The van der Waals surface area contributed by atoms with Gasteiger partial charge in [-0.25, -0.2) is 0 Å². The van der Waals surface area contributed by atoms with Gasteiger partial charge in [0.1, 0.15) is 0 Å². The van der Waals surface area contributed by atoms with Crippen molar-refractivity contribution < 1.29 is 0 Å². The number of hydrogen-bond donors (Lipinski definition) is 0. The molecule has 0 nitrogen and oxygen atoms in total. The molecule has 0 heteroatoms. The standard InChI is InChI=1S/C19H17/c1-4-19(5-2,6-3)18-14-12-17(13-15-18)16-10-8-7-9-11-16/h4-6,8-15H,1-3H2. The smallest absolute Gasteiger partial charge is 0.0485 e. The van der Waals surface area contributed by atoms with Gasteiger partial charge >= 0.3 is 0 Å². The van der Waals surface area contributed by atoms with Gasteiger partial charge in [0.2, 0.25) is 0 Å². The second-order valence-electron chi connectivity index (χ2n) is 4.41. The molecule has 0 N–H and O–H groups in total. The minimum Gasteiger partial charge on any atom is -0.102 e. The molecule has 0 aliphatic heterocycles. The Morgan fingerprint density at radius 3 is 1.68 bits per heavy atom. The summed E-state index contributed by atoms with van der Waals surface area (Å²) < 4.78 is 0. The quantitative estimate of drug-likeness (QED) is 0.654. The van der Waals surface area contributed by atoms with Crippen molar-refractivity contribution in [2.75, 3.05) is 0 Å². The molecule has 2 aromatic carbocycles. The van der Waals surface area contributed by atoms with E-state index in [1.54, 1.807) is 0 Å². The molecule has 0 heterocycles. The van der Waals surface area contributed by atoms with E-state index in [4.69, 9.17) is 0 Å². The summed E-state index contributed by atoms with van der Waals surface area (Å²) in [6.07, 6.45) is 5.58. The Morgan fingerprint density at radius 1 is 0.737 bits per heavy atom. The number of rotatable bonds is 5. The van der Waals surface area contributed by atoms with Crippen LogP contribution in [0.15, 0.2) is 86.5 Å². The lowest BCUT2D eigenvalue weighted by molar-refractivity contribution is 0.865. The molecule has 0 spiro atoms. The van der Waals surface area contributed by atoms with Crippen LogP contribution in [0.4, 0.5) is 0 Å². The second-order valence-corrected chi connectivity index (χ2v) is 4.41. The van der Waals surface area contributed by atoms with Crippen LogP contribution in [0, 0.1) is 6.07 Å². The zero-order valence-electron chi connectivity index (χ0n) is 11.0. The Balaban J connectivity index is 2.41. The van der Waals surface area contributed by atoms with Crippen LogP contribution in [-0.4, -0.2) is 0 Å². The molecule has 0 unspecified atom stereocenters. The van der Waals surface area contributed by atoms with Crippen molar-refractivity contribution in [2.24, 2.45) is 0 Å². The van der Waals surface area contributed by atoms with Gasteiger partial charge in [-0.15, -0.1) is 19.7 Å². The van der Waals surface area contributed by atoms with Gasteiger partial charge in [-0.3, -0.25) is 0 Å². The van der Waals surface area contributed by atoms with Gasteiger partial charge < -0.3 is 0 Å². The predicted octanol–water partition coefficient (Wildman–Crippen LogP) is 4.95. The average Bonchev–Trinajstić information content (AvgIpc) is 2.51. The summed E-state index contributed by atoms with van der Waals surface area (Å²) in [5, 5.41) is 0. The van der Waals surface area contributed by atoms with Gasteiger partial charge in [-0.05, 0) is 22.8 Å². The maximum atomic E-state index is 3.89. The fourth-order valence-corrected chi connectivity index (χ4v) is 2.13. The molecule has 0 saturated heterocycles. The third-order valence-corrected chi connectivity index (χ3v) is 3.45. The minimum atomic E-state index is -0.358. The molecule has 93 valence electrons. The summed E-state index contributed by atoms with van der Waals surface area (Å²) in [5.41, 5.74) is 3.14. The fourth-order valence-electron chi connectivity index (χ4n) is 2.13. The third kappa shape index (κ3) is 2.43. The maximum absolute atomic E-state index is 3.89. The van der Waals surface area contributed by atoms with E-state index in [1.807, 2.05) is 30.4 Å². The maximum Gasteiger partial charge on any atom is 0.0485 e. The lowest BCUT2D eigenvalue weighted by atomic mass is 9.80. The van der Waals surface area contributed by atoms with Gasteiger partial charge in [0.25, 0.3) is 0 Å². The zero-order valence-corrected chi connectivity index (χ0v) is 11.0. The van der Waals surface area contributed by atoms with Crippen molar-refractivity contribution in [3.8, 4) is 11.1 Å². The summed E-state index contributed by atoms with van der Waals surface area (Å²) in [6.45, 7) is 11.7. The third-order valence-electron chi connectivity index (χ3n) is 3.45. The lowest BCUT2D eigenvalue weighted by Gasteiger charge is -2.23. The normalized spacial score (nSPS) is 10.7. The Labute approximate surface area is 115 Å². The van der Waals surface area contributed by atoms with Crippen LogP contribution in [0.2, 0.25) is 0 Å². The fraction of sp³-hybridized carbons (Fsp3) is 0.0526. The van der Waals surface area contributed by atoms with Crippen LogP contribution in [0.3, 0.4) is 0 Å². The van der Waals surface area contributed by atoms with E-state index in [-0.39, 0.29) is 5.41 Å². The highest BCUT2D eigenvalue weighted by molar-refractivity contribution is 5.64. The van der Waals surface area contributed by atoms with Crippen LogP contribution in [0.1, 0.15) is 5.56 Å². The number of benzene rings is 2. The molecule has 0 fully saturated rings. The molecule has 0 bridgehead atoms. The van der Waals surface area contributed by atoms with Crippen molar-refractivity contribution in [2.45, 2.75) is 5.41 Å². The Morgan fingerprint density at radius 2 is 1.21 bits per heavy atom. The SMILES string of the molecule is C=CC(C=C)(C=C)c1ccc(-c2cc[c]cc2)cc1. The first-order valence-corrected chi connectivity index (χ1v) is 6.23. The second kappa shape index (κ2) is 5.53. The van der Waals surface area contributed by atoms with Crippen molar-refractivity contribution in [3.05, 3.63) is 98.1 Å². The highest BCUT2D eigenvalue weighted by atomic mass is 14.2. The van der Waals surface area contributed by atoms with Crippen LogP contribution in [0.25, 0.3) is 11.1 Å². The predicted molar refractivity (Wildman–Crippen MR) is 83.0 cm³/mol. The summed E-state index contributed by atoms with van der Waals surface area (Å²) in [6, 6.07) is 19.4. The van der Waals surface area contributed by atoms with E-state index < -0.39 is 0 Å². The summed E-state index contributed by atoms with van der Waals surface area (Å²) >= 11 is 0. The summed E-state index contributed by atoms with van der Waals surface area (Å²) in [5.74, 6) is 0. The van der Waals surface area contributed by atoms with E-state index >= 15 is 0 Å². The van der Waals surface area contributed by atoms with E-state index in [1.165, 1.54) is 11.1 Å². The highest BCUT2D eigenvalue weighted by Gasteiger charge is 2.20. The molecule has 0 aromatic heterocycles. The molecule has 0 aliphatic rings. The van der Waals surface area contributed by atoms with Gasteiger partial charge in [-0.1, -0.05) is 66.8 Å². The van der Waals surface area contributed by atoms with E-state index in [9.17, 15) is 0 Å². The molecule has 0 aliphatic carbocycles. The highest BCUT2D eigenvalue weighted by Crippen LogP contribution is 2.30. The molecule has 0 amide bonds. The Hall–Kier alpha value is -2.34. The summed E-state index contributed by atoms with van der Waals surface area (Å²) in [7, 11) is 0. The zero-order chi connectivity index (χ0) is 13.7. The molecular formula is C19H17. The first-order valence-electron chi connectivity index (χ1n) is 6.23. The van der Waals surface area contributed by atoms with Crippen molar-refractivity contribution in [1.82, 2.24) is 0 Å². The average molecular weight is 245 g/mol. The van der Waals surface area contributed by atoms with Crippen molar-refractivity contribution >= 4 is 0 Å². The van der Waals surface area contributed by atoms with Gasteiger partial charge in [-0.2, -0.15) is 0 Å². The van der Waals surface area contributed by atoms with Crippen molar-refractivity contribution in [1.29, 1.82) is 0 Å². The molecule has 2 aromatic rings. The molecule has 19 heavy (non-hydrogen) atoms. The van der Waals surface area contributed by atoms with Gasteiger partial charge in [0, 0.05) is 5.41 Å². The minimum absolute atomic E-state index is 0.358. The Kier molecular flexibility index (Phi) is 3.82. The molecule has 0 saturated carbocycles. The molecule has 1 radical (unpaired) electrons. The first-order chi connectivity index (χ1) is 9.25. The lowest BCUT2D eigenvalue weighted by Crippen LogP contribution is -2.16. The van der Waals surface area contributed by atoms with Crippen LogP contribution in [0.5, 0.6) is 0 Å². The number of allylic oxidation sites excluding steroid dienone is 3. The molecule has 2 rings (SSSR count). The summed E-state index contributed by atoms with van der Waals surface area (Å²) in [4.78, 5) is 0. The van der Waals surface area contributed by atoms with Crippen molar-refractivity contribution in [3.63, 3.8) is 0 Å². The molecular weight excluding hydrogens is 228 g/mol. The van der Waals surface area contributed by atoms with Crippen LogP contribution < -0.4 is 0 Å².